The van der Waals surface area contributed by atoms with E-state index in [0.29, 0.717) is 6.54 Å². The maximum Gasteiger partial charge on any atom is 0.325 e. The van der Waals surface area contributed by atoms with Crippen LogP contribution >= 0.6 is 0 Å². The minimum atomic E-state index is -1.08. The Kier molecular flexibility index (Phi) is 4.55. The van der Waals surface area contributed by atoms with Crippen molar-refractivity contribution in [2.24, 2.45) is 0 Å². The third kappa shape index (κ3) is 3.89. The van der Waals surface area contributed by atoms with Crippen LogP contribution in [0.3, 0.4) is 0 Å². The van der Waals surface area contributed by atoms with Crippen molar-refractivity contribution in [1.82, 2.24) is 24.5 Å². The number of nitrogens with zero attached hydrogens (tertiary/aromatic N) is 5. The van der Waals surface area contributed by atoms with Crippen molar-refractivity contribution >= 4 is 17.8 Å². The topological polar surface area (TPSA) is 115 Å². The number of anilines is 1. The lowest BCUT2D eigenvalue weighted by atomic mass is 10.1. The van der Waals surface area contributed by atoms with Crippen LogP contribution in [-0.2, 0) is 17.9 Å². The molecule has 0 aliphatic carbocycles. The van der Waals surface area contributed by atoms with E-state index in [9.17, 15) is 9.59 Å². The highest BCUT2D eigenvalue weighted by molar-refractivity contribution is 6.02. The van der Waals surface area contributed by atoms with E-state index in [-0.39, 0.29) is 11.6 Å². The zero-order valence-electron chi connectivity index (χ0n) is 13.5. The molecule has 3 rings (SSSR count). The van der Waals surface area contributed by atoms with Crippen LogP contribution in [0.4, 0.5) is 5.95 Å². The maximum absolute atomic E-state index is 12.2. The molecule has 0 aliphatic heterocycles. The van der Waals surface area contributed by atoms with Crippen LogP contribution in [0, 0.1) is 6.92 Å². The largest absolute Gasteiger partial charge is 0.480 e. The molecule has 0 bridgehead atoms. The van der Waals surface area contributed by atoms with Crippen molar-refractivity contribution in [2.45, 2.75) is 20.0 Å². The highest BCUT2D eigenvalue weighted by Gasteiger charge is 2.16. The fourth-order valence-corrected chi connectivity index (χ4v) is 2.34. The molecular formula is C16H16N6O3. The highest BCUT2D eigenvalue weighted by Crippen LogP contribution is 2.10. The van der Waals surface area contributed by atoms with Gasteiger partial charge in [0.1, 0.15) is 18.6 Å². The molecule has 2 aromatic heterocycles. The number of amides is 1. The lowest BCUT2D eigenvalue weighted by Crippen LogP contribution is -2.21. The van der Waals surface area contributed by atoms with E-state index in [1.54, 1.807) is 4.68 Å². The van der Waals surface area contributed by atoms with Crippen LogP contribution in [0.2, 0.25) is 0 Å². The van der Waals surface area contributed by atoms with E-state index in [1.165, 1.54) is 18.6 Å². The molecule has 0 unspecified atom stereocenters. The number of carboxylic acids is 1. The van der Waals surface area contributed by atoms with Crippen molar-refractivity contribution in [2.75, 3.05) is 5.32 Å². The van der Waals surface area contributed by atoms with Gasteiger partial charge >= 0.3 is 5.97 Å². The van der Waals surface area contributed by atoms with Crippen molar-refractivity contribution in [3.63, 3.8) is 0 Å². The fourth-order valence-electron chi connectivity index (χ4n) is 2.34. The van der Waals surface area contributed by atoms with E-state index < -0.39 is 18.4 Å². The molecule has 0 saturated heterocycles. The first-order chi connectivity index (χ1) is 12.0. The molecule has 0 radical (unpaired) electrons. The second-order valence-corrected chi connectivity index (χ2v) is 5.41. The Hall–Kier alpha value is -3.49. The number of carbonyl (C=O) groups excluding carboxylic acids is 1. The van der Waals surface area contributed by atoms with Gasteiger partial charge in [-0.15, -0.1) is 5.10 Å². The van der Waals surface area contributed by atoms with Gasteiger partial charge in [-0.3, -0.25) is 14.9 Å². The number of rotatable bonds is 6. The molecule has 3 aromatic rings. The number of nitrogens with one attached hydrogen (secondary N) is 1. The first kappa shape index (κ1) is 16.4. The summed E-state index contributed by atoms with van der Waals surface area (Å²) in [5.74, 6) is -1.47. The predicted molar refractivity (Wildman–Crippen MR) is 88.1 cm³/mol. The third-order valence-corrected chi connectivity index (χ3v) is 3.59. The first-order valence-electron chi connectivity index (χ1n) is 7.52. The molecular weight excluding hydrogens is 324 g/mol. The molecule has 1 amide bonds. The number of hydrogen-bond acceptors (Lipinski definition) is 5. The summed E-state index contributed by atoms with van der Waals surface area (Å²) in [5, 5.41) is 19.4. The summed E-state index contributed by atoms with van der Waals surface area (Å²) in [6, 6.07) is 9.36. The summed E-state index contributed by atoms with van der Waals surface area (Å²) < 4.78 is 2.72. The van der Waals surface area contributed by atoms with Gasteiger partial charge in [-0.1, -0.05) is 24.3 Å². The molecule has 2 heterocycles. The monoisotopic (exact) mass is 340 g/mol. The summed E-state index contributed by atoms with van der Waals surface area (Å²) >= 11 is 0. The number of carbonyl (C=O) groups is 2. The lowest BCUT2D eigenvalue weighted by Gasteiger charge is -2.05. The average Bonchev–Trinajstić information content (AvgIpc) is 3.18. The number of aryl methyl sites for hydroxylation is 1. The van der Waals surface area contributed by atoms with E-state index in [4.69, 9.17) is 5.11 Å². The molecule has 0 atom stereocenters. The van der Waals surface area contributed by atoms with Gasteiger partial charge in [0.2, 0.25) is 5.95 Å². The van der Waals surface area contributed by atoms with Crippen molar-refractivity contribution < 1.29 is 14.7 Å². The Labute approximate surface area is 142 Å². The van der Waals surface area contributed by atoms with Gasteiger partial charge in [-0.25, -0.2) is 14.3 Å². The Morgan fingerprint density at radius 1 is 1.24 bits per heavy atom. The number of aliphatic carboxylic acids is 1. The van der Waals surface area contributed by atoms with Crippen molar-refractivity contribution in [1.29, 1.82) is 0 Å². The van der Waals surface area contributed by atoms with E-state index in [0.717, 1.165) is 15.8 Å². The summed E-state index contributed by atoms with van der Waals surface area (Å²) in [6.07, 6.45) is 2.89. The van der Waals surface area contributed by atoms with Gasteiger partial charge in [0.05, 0.1) is 6.54 Å². The van der Waals surface area contributed by atoms with Crippen LogP contribution in [0.15, 0.2) is 42.9 Å². The number of aromatic nitrogens is 5. The molecule has 2 N–H and O–H groups in total. The first-order valence-corrected chi connectivity index (χ1v) is 7.52. The fraction of sp³-hybridized carbons (Fsp3) is 0.188. The zero-order chi connectivity index (χ0) is 17.8. The molecule has 0 spiro atoms. The smallest absolute Gasteiger partial charge is 0.325 e. The molecule has 0 aliphatic rings. The van der Waals surface area contributed by atoms with Crippen LogP contribution in [0.25, 0.3) is 0 Å². The average molecular weight is 340 g/mol. The summed E-state index contributed by atoms with van der Waals surface area (Å²) in [7, 11) is 0. The van der Waals surface area contributed by atoms with Crippen LogP contribution < -0.4 is 5.32 Å². The van der Waals surface area contributed by atoms with E-state index in [1.807, 2.05) is 31.2 Å². The van der Waals surface area contributed by atoms with Gasteiger partial charge in [0.15, 0.2) is 0 Å². The molecule has 25 heavy (non-hydrogen) atoms. The Morgan fingerprint density at radius 3 is 2.80 bits per heavy atom. The summed E-state index contributed by atoms with van der Waals surface area (Å²) in [6.45, 7) is 2.15. The molecule has 9 heteroatoms. The Morgan fingerprint density at radius 2 is 2.04 bits per heavy atom. The predicted octanol–water partition coefficient (Wildman–Crippen LogP) is 1.17. The number of benzene rings is 1. The zero-order valence-corrected chi connectivity index (χ0v) is 13.5. The van der Waals surface area contributed by atoms with E-state index >= 15 is 0 Å². The summed E-state index contributed by atoms with van der Waals surface area (Å²) in [4.78, 5) is 27.1. The van der Waals surface area contributed by atoms with Gasteiger partial charge in [0, 0.05) is 6.20 Å². The standard InChI is InChI=1S/C16H16N6O3/c1-11-4-2-3-5-12(11)8-21-10-17-16(20-21)19-15(25)13-6-7-18-22(13)9-14(23)24/h2-7,10H,8-9H2,1H3,(H,23,24)(H,19,20,25). The van der Waals surface area contributed by atoms with Crippen molar-refractivity contribution in [3.05, 3.63) is 59.7 Å². The second kappa shape index (κ2) is 6.95. The van der Waals surface area contributed by atoms with Gasteiger partial charge in [-0.2, -0.15) is 5.10 Å². The number of carboxylic acid groups (broad SMARTS) is 1. The third-order valence-electron chi connectivity index (χ3n) is 3.59. The molecule has 1 aromatic carbocycles. The van der Waals surface area contributed by atoms with Gasteiger partial charge in [0.25, 0.3) is 5.91 Å². The number of hydrogen-bond donors (Lipinski definition) is 2. The highest BCUT2D eigenvalue weighted by atomic mass is 16.4. The lowest BCUT2D eigenvalue weighted by molar-refractivity contribution is -0.137. The van der Waals surface area contributed by atoms with Crippen LogP contribution in [-0.4, -0.2) is 41.5 Å². The van der Waals surface area contributed by atoms with Crippen LogP contribution in [0.5, 0.6) is 0 Å². The molecule has 9 nitrogen and oxygen atoms in total. The Bertz CT molecular complexity index is 914. The molecule has 0 saturated carbocycles. The normalized spacial score (nSPS) is 10.6. The molecule has 0 fully saturated rings. The SMILES string of the molecule is Cc1ccccc1Cn1cnc(NC(=O)c2ccnn2CC(=O)O)n1. The minimum absolute atomic E-state index is 0.123. The maximum atomic E-state index is 12.2. The van der Waals surface area contributed by atoms with Gasteiger partial charge in [-0.05, 0) is 24.1 Å². The molecule has 128 valence electrons. The minimum Gasteiger partial charge on any atom is -0.480 e. The second-order valence-electron chi connectivity index (χ2n) is 5.41. The van der Waals surface area contributed by atoms with Gasteiger partial charge < -0.3 is 5.11 Å². The Balaban J connectivity index is 1.69. The summed E-state index contributed by atoms with van der Waals surface area (Å²) in [5.41, 5.74) is 2.36. The van der Waals surface area contributed by atoms with E-state index in [2.05, 4.69) is 20.5 Å². The van der Waals surface area contributed by atoms with Crippen molar-refractivity contribution in [3.8, 4) is 0 Å². The quantitative estimate of drug-likeness (QED) is 0.696. The van der Waals surface area contributed by atoms with Crippen LogP contribution in [0.1, 0.15) is 21.6 Å².